The van der Waals surface area contributed by atoms with E-state index in [9.17, 15) is 4.39 Å². The van der Waals surface area contributed by atoms with Crippen LogP contribution in [0.5, 0.6) is 5.75 Å². The van der Waals surface area contributed by atoms with Gasteiger partial charge in [0.1, 0.15) is 11.6 Å². The zero-order valence-corrected chi connectivity index (χ0v) is 7.57. The Hall–Kier alpha value is -1.78. The molecule has 5 N–H and O–H groups in total. The van der Waals surface area contributed by atoms with Crippen LogP contribution in [0.25, 0.3) is 0 Å². The molecule has 14 heavy (non-hydrogen) atoms. The Balaban J connectivity index is 2.67. The first-order valence-corrected chi connectivity index (χ1v) is 4.12. The third-order valence-electron chi connectivity index (χ3n) is 1.70. The molecule has 76 valence electrons. The molecule has 0 fully saturated rings. The second kappa shape index (κ2) is 4.45. The number of hydrogen-bond acceptors (Lipinski definition) is 2. The van der Waals surface area contributed by atoms with E-state index in [2.05, 4.69) is 4.99 Å². The number of nitrogens with zero attached hydrogens (tertiary/aromatic N) is 1. The third-order valence-corrected chi connectivity index (χ3v) is 1.70. The van der Waals surface area contributed by atoms with Crippen LogP contribution in [0.4, 0.5) is 4.39 Å². The summed E-state index contributed by atoms with van der Waals surface area (Å²) in [5.41, 5.74) is 10.6. The van der Waals surface area contributed by atoms with Crippen LogP contribution < -0.4 is 11.5 Å². The molecule has 0 unspecified atom stereocenters. The lowest BCUT2D eigenvalue weighted by Crippen LogP contribution is -2.23. The quantitative estimate of drug-likeness (QED) is 0.481. The summed E-state index contributed by atoms with van der Waals surface area (Å²) in [5, 5.41) is 9.09. The standard InChI is InChI=1S/C9H12FN3O/c10-8-2-1-7(14)5-6(8)3-4-13-9(11)12/h1-2,5,14H,3-4H2,(H4,11,12,13)/i9-1. The third kappa shape index (κ3) is 2.93. The molecular formula is C9H12FN3O. The lowest BCUT2D eigenvalue weighted by atomic mass is 10.1. The smallest absolute Gasteiger partial charge is 0.185 e. The fraction of sp³-hybridized carbons (Fsp3) is 0.222. The molecule has 0 amide bonds. The highest BCUT2D eigenvalue weighted by molar-refractivity contribution is 5.75. The van der Waals surface area contributed by atoms with E-state index >= 15 is 0 Å². The van der Waals surface area contributed by atoms with Gasteiger partial charge >= 0.3 is 0 Å². The minimum atomic E-state index is -0.367. The summed E-state index contributed by atoms with van der Waals surface area (Å²) in [6.45, 7) is 0.308. The van der Waals surface area contributed by atoms with Gasteiger partial charge in [0.15, 0.2) is 5.96 Å². The number of phenolic OH excluding ortho intramolecular Hbond substituents is 1. The van der Waals surface area contributed by atoms with E-state index < -0.39 is 0 Å². The fourth-order valence-electron chi connectivity index (χ4n) is 1.06. The number of benzene rings is 1. The van der Waals surface area contributed by atoms with Gasteiger partial charge in [0.05, 0.1) is 0 Å². The maximum Gasteiger partial charge on any atom is 0.185 e. The summed E-state index contributed by atoms with van der Waals surface area (Å²) in [5.74, 6) is -0.356. The van der Waals surface area contributed by atoms with E-state index in [0.29, 0.717) is 18.5 Å². The molecule has 0 atom stereocenters. The van der Waals surface area contributed by atoms with E-state index in [0.717, 1.165) is 0 Å². The molecule has 0 aliphatic heterocycles. The fourth-order valence-corrected chi connectivity index (χ4v) is 1.06. The number of guanidine groups is 1. The number of aromatic hydroxyl groups is 1. The van der Waals surface area contributed by atoms with Gasteiger partial charge in [-0.3, -0.25) is 4.99 Å². The molecule has 5 heteroatoms. The van der Waals surface area contributed by atoms with Crippen molar-refractivity contribution in [2.75, 3.05) is 6.54 Å². The zero-order valence-electron chi connectivity index (χ0n) is 7.57. The maximum atomic E-state index is 13.1. The second-order valence-electron chi connectivity index (χ2n) is 2.83. The van der Waals surface area contributed by atoms with Gasteiger partial charge in [-0.05, 0) is 30.2 Å². The van der Waals surface area contributed by atoms with E-state index in [4.69, 9.17) is 16.6 Å². The largest absolute Gasteiger partial charge is 0.508 e. The molecule has 0 radical (unpaired) electrons. The topological polar surface area (TPSA) is 84.6 Å². The van der Waals surface area contributed by atoms with Crippen molar-refractivity contribution >= 4 is 5.96 Å². The molecule has 0 aromatic heterocycles. The van der Waals surface area contributed by atoms with Crippen LogP contribution in [0.2, 0.25) is 0 Å². The number of aliphatic imine (C=N–C) groups is 1. The van der Waals surface area contributed by atoms with Gasteiger partial charge in [0, 0.05) is 6.54 Å². The molecule has 4 nitrogen and oxygen atoms in total. The van der Waals surface area contributed by atoms with Crippen molar-refractivity contribution < 1.29 is 9.50 Å². The van der Waals surface area contributed by atoms with Gasteiger partial charge in [0.25, 0.3) is 0 Å². The average Bonchev–Trinajstić information content (AvgIpc) is 2.10. The first-order valence-electron chi connectivity index (χ1n) is 4.12. The van der Waals surface area contributed by atoms with Gasteiger partial charge in [-0.25, -0.2) is 4.39 Å². The number of hydrogen-bond donors (Lipinski definition) is 3. The summed E-state index contributed by atoms with van der Waals surface area (Å²) in [7, 11) is 0. The molecule has 0 aliphatic carbocycles. The monoisotopic (exact) mass is 196 g/mol. The predicted octanol–water partition coefficient (Wildman–Crippen LogP) is 0.347. The number of halogens is 1. The molecule has 1 aromatic carbocycles. The van der Waals surface area contributed by atoms with E-state index in [1.54, 1.807) is 0 Å². The van der Waals surface area contributed by atoms with Crippen molar-refractivity contribution in [3.63, 3.8) is 0 Å². The molecule has 0 aliphatic rings. The molecule has 0 spiro atoms. The SMILES string of the molecule is N[11C](N)=NCCc1cc(O)ccc1F. The molecule has 0 heterocycles. The van der Waals surface area contributed by atoms with Crippen molar-refractivity contribution in [3.05, 3.63) is 29.6 Å². The Labute approximate surface area is 81.1 Å². The molecular weight excluding hydrogens is 184 g/mol. The Kier molecular flexibility index (Phi) is 3.28. The van der Waals surface area contributed by atoms with Crippen LogP contribution in [-0.2, 0) is 6.42 Å². The molecule has 0 saturated heterocycles. The summed E-state index contributed by atoms with van der Waals surface area (Å²) in [6.07, 6.45) is 0.359. The predicted molar refractivity (Wildman–Crippen MR) is 52.4 cm³/mol. The van der Waals surface area contributed by atoms with E-state index in [1.165, 1.54) is 18.2 Å². The van der Waals surface area contributed by atoms with Crippen molar-refractivity contribution in [2.45, 2.75) is 6.42 Å². The van der Waals surface area contributed by atoms with Crippen LogP contribution in [0.15, 0.2) is 23.2 Å². The van der Waals surface area contributed by atoms with Crippen molar-refractivity contribution in [1.82, 2.24) is 0 Å². The summed E-state index contributed by atoms with van der Waals surface area (Å²) >= 11 is 0. The first kappa shape index (κ1) is 10.3. The highest BCUT2D eigenvalue weighted by Gasteiger charge is 2.02. The minimum Gasteiger partial charge on any atom is -0.508 e. The molecule has 1 aromatic rings. The summed E-state index contributed by atoms with van der Waals surface area (Å²) in [4.78, 5) is 3.71. The first-order chi connectivity index (χ1) is 6.59. The second-order valence-corrected chi connectivity index (χ2v) is 2.83. The Morgan fingerprint density at radius 3 is 2.79 bits per heavy atom. The van der Waals surface area contributed by atoms with Gasteiger partial charge < -0.3 is 16.6 Å². The normalized spacial score (nSPS) is 9.79. The summed E-state index contributed by atoms with van der Waals surface area (Å²) < 4.78 is 13.1. The Bertz CT molecular complexity index is 348. The van der Waals surface area contributed by atoms with Gasteiger partial charge in [-0.15, -0.1) is 0 Å². The average molecular weight is 196 g/mol. The number of rotatable bonds is 3. The van der Waals surface area contributed by atoms with Crippen molar-refractivity contribution in [2.24, 2.45) is 16.5 Å². The highest BCUT2D eigenvalue weighted by atomic mass is 19.1. The maximum absolute atomic E-state index is 13.1. The van der Waals surface area contributed by atoms with Crippen LogP contribution in [0.3, 0.4) is 0 Å². The van der Waals surface area contributed by atoms with Gasteiger partial charge in [-0.2, -0.15) is 0 Å². The Morgan fingerprint density at radius 2 is 2.14 bits per heavy atom. The van der Waals surface area contributed by atoms with Crippen LogP contribution in [0, 0.1) is 5.82 Å². The number of phenols is 1. The lowest BCUT2D eigenvalue weighted by Gasteiger charge is -2.01. The lowest BCUT2D eigenvalue weighted by molar-refractivity contribution is 0.471. The van der Waals surface area contributed by atoms with Crippen LogP contribution in [-0.4, -0.2) is 17.6 Å². The molecule has 0 saturated carbocycles. The minimum absolute atomic E-state index is 0.0226. The van der Waals surface area contributed by atoms with Gasteiger partial charge in [0.2, 0.25) is 0 Å². The molecule has 1 rings (SSSR count). The Morgan fingerprint density at radius 1 is 1.43 bits per heavy atom. The van der Waals surface area contributed by atoms with Crippen LogP contribution >= 0.6 is 0 Å². The van der Waals surface area contributed by atoms with Crippen molar-refractivity contribution in [1.29, 1.82) is 0 Å². The van der Waals surface area contributed by atoms with Gasteiger partial charge in [-0.1, -0.05) is 0 Å². The molecule has 0 bridgehead atoms. The van der Waals surface area contributed by atoms with E-state index in [1.807, 2.05) is 0 Å². The highest BCUT2D eigenvalue weighted by Crippen LogP contribution is 2.15. The van der Waals surface area contributed by atoms with Crippen molar-refractivity contribution in [3.8, 4) is 5.75 Å². The summed E-state index contributed by atoms with van der Waals surface area (Å²) in [6, 6.07) is 3.86. The van der Waals surface area contributed by atoms with Crippen LogP contribution in [0.1, 0.15) is 5.56 Å². The number of nitrogens with two attached hydrogens (primary N) is 2. The van der Waals surface area contributed by atoms with E-state index in [-0.39, 0.29) is 17.5 Å². The zero-order chi connectivity index (χ0) is 10.6.